The number of morpholine rings is 1. The summed E-state index contributed by atoms with van der Waals surface area (Å²) in [5, 5.41) is 0. The van der Waals surface area contributed by atoms with Crippen LogP contribution in [0.25, 0.3) is 0 Å². The Labute approximate surface area is 122 Å². The van der Waals surface area contributed by atoms with Gasteiger partial charge in [-0.05, 0) is 17.7 Å². The zero-order chi connectivity index (χ0) is 15.2. The summed E-state index contributed by atoms with van der Waals surface area (Å²) in [7, 11) is 1.59. The Bertz CT molecular complexity index is 482. The Balaban J connectivity index is 2.02. The third-order valence-electron chi connectivity index (χ3n) is 3.29. The molecule has 1 aromatic rings. The SMILES string of the molecule is C=C(CN1CCO[C@@H](c2cccc(OC(F)F)c2)C1)OC. The minimum Gasteiger partial charge on any atom is -0.500 e. The van der Waals surface area contributed by atoms with Crippen molar-refractivity contribution in [1.29, 1.82) is 0 Å². The van der Waals surface area contributed by atoms with E-state index in [1.165, 1.54) is 6.07 Å². The number of methoxy groups -OCH3 is 1. The molecule has 0 radical (unpaired) electrons. The fraction of sp³-hybridized carbons (Fsp3) is 0.467. The van der Waals surface area contributed by atoms with Crippen molar-refractivity contribution in [1.82, 2.24) is 4.90 Å². The first kappa shape index (κ1) is 15.7. The van der Waals surface area contributed by atoms with E-state index < -0.39 is 6.61 Å². The van der Waals surface area contributed by atoms with E-state index in [1.54, 1.807) is 19.2 Å². The molecule has 0 saturated carbocycles. The average molecular weight is 299 g/mol. The second-order valence-corrected chi connectivity index (χ2v) is 4.79. The standard InChI is InChI=1S/C15H19F2NO3/c1-11(19-2)9-18-6-7-20-14(10-18)12-4-3-5-13(8-12)21-15(16)17/h3-5,8,14-15H,1,6-7,9-10H2,2H3/t14-/m1/s1. The van der Waals surface area contributed by atoms with Gasteiger partial charge in [0.05, 0.1) is 26.4 Å². The second-order valence-electron chi connectivity index (χ2n) is 4.79. The van der Waals surface area contributed by atoms with Gasteiger partial charge in [0.1, 0.15) is 11.5 Å². The number of hydrogen-bond acceptors (Lipinski definition) is 4. The number of benzene rings is 1. The van der Waals surface area contributed by atoms with Crippen molar-refractivity contribution < 1.29 is 23.0 Å². The lowest BCUT2D eigenvalue weighted by Gasteiger charge is -2.33. The first-order valence-corrected chi connectivity index (χ1v) is 6.69. The molecule has 0 aliphatic carbocycles. The molecule has 1 aliphatic rings. The van der Waals surface area contributed by atoms with Crippen molar-refractivity contribution in [3.05, 3.63) is 42.2 Å². The van der Waals surface area contributed by atoms with E-state index in [2.05, 4.69) is 16.2 Å². The predicted octanol–water partition coefficient (Wildman–Crippen LogP) is 2.82. The summed E-state index contributed by atoms with van der Waals surface area (Å²) in [4.78, 5) is 2.15. The maximum atomic E-state index is 12.3. The molecule has 1 atom stereocenters. The lowest BCUT2D eigenvalue weighted by Crippen LogP contribution is -2.39. The zero-order valence-electron chi connectivity index (χ0n) is 11.9. The molecule has 1 aliphatic heterocycles. The van der Waals surface area contributed by atoms with Crippen LogP contribution in [-0.4, -0.2) is 44.9 Å². The van der Waals surface area contributed by atoms with Crippen LogP contribution < -0.4 is 4.74 Å². The molecule has 1 aromatic carbocycles. The molecular formula is C15H19F2NO3. The van der Waals surface area contributed by atoms with Gasteiger partial charge in [0.2, 0.25) is 0 Å². The quantitative estimate of drug-likeness (QED) is 0.756. The van der Waals surface area contributed by atoms with E-state index in [0.717, 1.165) is 12.1 Å². The van der Waals surface area contributed by atoms with Gasteiger partial charge in [-0.2, -0.15) is 8.78 Å². The van der Waals surface area contributed by atoms with Gasteiger partial charge in [0.15, 0.2) is 0 Å². The van der Waals surface area contributed by atoms with Crippen molar-refractivity contribution in [2.45, 2.75) is 12.7 Å². The van der Waals surface area contributed by atoms with Gasteiger partial charge in [-0.1, -0.05) is 18.7 Å². The van der Waals surface area contributed by atoms with Gasteiger partial charge in [0.25, 0.3) is 0 Å². The molecule has 1 saturated heterocycles. The summed E-state index contributed by atoms with van der Waals surface area (Å²) in [5.74, 6) is 0.829. The summed E-state index contributed by atoms with van der Waals surface area (Å²) in [6.07, 6.45) is -0.176. The van der Waals surface area contributed by atoms with Crippen molar-refractivity contribution in [3.8, 4) is 5.75 Å². The summed E-state index contributed by atoms with van der Waals surface area (Å²) in [5.41, 5.74) is 0.820. The van der Waals surface area contributed by atoms with Gasteiger partial charge in [-0.3, -0.25) is 4.90 Å². The summed E-state index contributed by atoms with van der Waals surface area (Å²) in [6, 6.07) is 6.62. The van der Waals surface area contributed by atoms with Crippen molar-refractivity contribution in [2.75, 3.05) is 33.4 Å². The molecule has 1 fully saturated rings. The fourth-order valence-electron chi connectivity index (χ4n) is 2.25. The molecule has 0 spiro atoms. The third kappa shape index (κ3) is 4.68. The molecular weight excluding hydrogens is 280 g/mol. The largest absolute Gasteiger partial charge is 0.500 e. The molecule has 0 amide bonds. The molecule has 0 N–H and O–H groups in total. The third-order valence-corrected chi connectivity index (χ3v) is 3.29. The maximum Gasteiger partial charge on any atom is 0.387 e. The van der Waals surface area contributed by atoms with E-state index >= 15 is 0 Å². The van der Waals surface area contributed by atoms with E-state index in [4.69, 9.17) is 9.47 Å². The molecule has 116 valence electrons. The van der Waals surface area contributed by atoms with Crippen molar-refractivity contribution in [2.24, 2.45) is 0 Å². The number of rotatable bonds is 6. The number of ether oxygens (including phenoxy) is 3. The first-order valence-electron chi connectivity index (χ1n) is 6.69. The van der Waals surface area contributed by atoms with Crippen molar-refractivity contribution in [3.63, 3.8) is 0 Å². The highest BCUT2D eigenvalue weighted by atomic mass is 19.3. The van der Waals surface area contributed by atoms with E-state index in [1.807, 2.05) is 6.07 Å². The van der Waals surface area contributed by atoms with Gasteiger partial charge in [-0.25, -0.2) is 0 Å². The minimum atomic E-state index is -2.82. The van der Waals surface area contributed by atoms with Crippen LogP contribution in [0.1, 0.15) is 11.7 Å². The number of nitrogens with zero attached hydrogens (tertiary/aromatic N) is 1. The van der Waals surface area contributed by atoms with Crippen LogP contribution in [0.2, 0.25) is 0 Å². The lowest BCUT2D eigenvalue weighted by atomic mass is 10.1. The van der Waals surface area contributed by atoms with Gasteiger partial charge in [0, 0.05) is 13.1 Å². The second kappa shape index (κ2) is 7.38. The summed E-state index contributed by atoms with van der Waals surface area (Å²) in [6.45, 7) is 3.62. The smallest absolute Gasteiger partial charge is 0.387 e. The Morgan fingerprint density at radius 1 is 1.52 bits per heavy atom. The van der Waals surface area contributed by atoms with Crippen LogP contribution >= 0.6 is 0 Å². The predicted molar refractivity (Wildman–Crippen MR) is 74.4 cm³/mol. The van der Waals surface area contributed by atoms with E-state index in [9.17, 15) is 8.78 Å². The highest BCUT2D eigenvalue weighted by Crippen LogP contribution is 2.26. The van der Waals surface area contributed by atoms with Crippen LogP contribution in [0, 0.1) is 0 Å². The monoisotopic (exact) mass is 299 g/mol. The molecule has 0 unspecified atom stereocenters. The number of hydrogen-bond donors (Lipinski definition) is 0. The van der Waals surface area contributed by atoms with E-state index in [-0.39, 0.29) is 11.9 Å². The number of alkyl halides is 2. The Hall–Kier alpha value is -1.66. The van der Waals surface area contributed by atoms with Crippen LogP contribution in [0.15, 0.2) is 36.6 Å². The average Bonchev–Trinajstić information content (AvgIpc) is 2.47. The topological polar surface area (TPSA) is 30.9 Å². The molecule has 0 aromatic heterocycles. The van der Waals surface area contributed by atoms with Gasteiger partial charge < -0.3 is 14.2 Å². The van der Waals surface area contributed by atoms with Crippen LogP contribution in [0.5, 0.6) is 5.75 Å². The van der Waals surface area contributed by atoms with E-state index in [0.29, 0.717) is 25.5 Å². The first-order chi connectivity index (χ1) is 10.1. The number of halogens is 2. The maximum absolute atomic E-state index is 12.3. The van der Waals surface area contributed by atoms with Crippen LogP contribution in [0.3, 0.4) is 0 Å². The van der Waals surface area contributed by atoms with Crippen LogP contribution in [-0.2, 0) is 9.47 Å². The van der Waals surface area contributed by atoms with Crippen molar-refractivity contribution >= 4 is 0 Å². The molecule has 1 heterocycles. The molecule has 2 rings (SSSR count). The molecule has 0 bridgehead atoms. The fourth-order valence-corrected chi connectivity index (χ4v) is 2.25. The molecule has 6 heteroatoms. The Morgan fingerprint density at radius 2 is 2.33 bits per heavy atom. The molecule has 4 nitrogen and oxygen atoms in total. The summed E-state index contributed by atoms with van der Waals surface area (Å²) < 4.78 is 39.7. The highest BCUT2D eigenvalue weighted by molar-refractivity contribution is 5.30. The Morgan fingerprint density at radius 3 is 3.05 bits per heavy atom. The highest BCUT2D eigenvalue weighted by Gasteiger charge is 2.23. The zero-order valence-corrected chi connectivity index (χ0v) is 11.9. The normalized spacial score (nSPS) is 19.5. The van der Waals surface area contributed by atoms with Gasteiger partial charge in [-0.15, -0.1) is 0 Å². The minimum absolute atomic E-state index is 0.143. The Kier molecular flexibility index (Phi) is 5.52. The van der Waals surface area contributed by atoms with Gasteiger partial charge >= 0.3 is 6.61 Å². The molecule has 21 heavy (non-hydrogen) atoms. The van der Waals surface area contributed by atoms with Crippen LogP contribution in [0.4, 0.5) is 8.78 Å². The lowest BCUT2D eigenvalue weighted by molar-refractivity contribution is -0.0508. The summed E-state index contributed by atoms with van der Waals surface area (Å²) >= 11 is 0.